The number of fused-ring (bicyclic) bond motifs is 1. The first-order valence-electron chi connectivity index (χ1n) is 3.33. The van der Waals surface area contributed by atoms with Crippen LogP contribution in [-0.4, -0.2) is 12.4 Å². The summed E-state index contributed by atoms with van der Waals surface area (Å²) in [5, 5.41) is 0.541. The molecule has 2 nitrogen and oxygen atoms in total. The molecule has 0 atom stereocenters. The van der Waals surface area contributed by atoms with Crippen molar-refractivity contribution in [1.29, 1.82) is 0 Å². The van der Waals surface area contributed by atoms with Gasteiger partial charge in [-0.3, -0.25) is 4.79 Å². The molecule has 0 N–H and O–H groups in total. The lowest BCUT2D eigenvalue weighted by molar-refractivity contribution is 0.0961. The maximum Gasteiger partial charge on any atom is 0.204 e. The largest absolute Gasteiger partial charge is 0.483 e. The van der Waals surface area contributed by atoms with Gasteiger partial charge in [0.2, 0.25) is 5.78 Å². The molecule has 0 bridgehead atoms. The van der Waals surface area contributed by atoms with Crippen molar-refractivity contribution in [2.24, 2.45) is 0 Å². The van der Waals surface area contributed by atoms with Gasteiger partial charge in [-0.05, 0) is 28.1 Å². The van der Waals surface area contributed by atoms with Gasteiger partial charge in [0.25, 0.3) is 0 Å². The van der Waals surface area contributed by atoms with Crippen molar-refractivity contribution in [1.82, 2.24) is 0 Å². The van der Waals surface area contributed by atoms with E-state index in [0.717, 1.165) is 4.47 Å². The van der Waals surface area contributed by atoms with E-state index in [1.165, 1.54) is 0 Å². The summed E-state index contributed by atoms with van der Waals surface area (Å²) in [6, 6.07) is 3.33. The van der Waals surface area contributed by atoms with Crippen molar-refractivity contribution < 1.29 is 9.53 Å². The zero-order chi connectivity index (χ0) is 8.72. The van der Waals surface area contributed by atoms with Gasteiger partial charge in [0.05, 0.1) is 10.0 Å². The summed E-state index contributed by atoms with van der Waals surface area (Å²) in [7, 11) is 0. The van der Waals surface area contributed by atoms with Crippen LogP contribution in [0.3, 0.4) is 0 Å². The van der Waals surface area contributed by atoms with Crippen molar-refractivity contribution >= 4 is 33.3 Å². The summed E-state index contributed by atoms with van der Waals surface area (Å²) in [5.41, 5.74) is 0.564. The second-order valence-corrected chi connectivity index (χ2v) is 3.77. The van der Waals surface area contributed by atoms with Crippen LogP contribution in [0.1, 0.15) is 10.4 Å². The lowest BCUT2D eigenvalue weighted by Crippen LogP contribution is -1.98. The van der Waals surface area contributed by atoms with Crippen molar-refractivity contribution in [2.45, 2.75) is 0 Å². The SMILES string of the molecule is O=C1COc2c(Br)cc(Cl)cc21. The Bertz CT molecular complexity index is 362. The van der Waals surface area contributed by atoms with E-state index in [0.29, 0.717) is 16.3 Å². The molecule has 0 aliphatic carbocycles. The smallest absolute Gasteiger partial charge is 0.204 e. The highest BCUT2D eigenvalue weighted by Gasteiger charge is 2.23. The summed E-state index contributed by atoms with van der Waals surface area (Å²) in [6.07, 6.45) is 0. The number of hydrogen-bond donors (Lipinski definition) is 0. The summed E-state index contributed by atoms with van der Waals surface area (Å²) in [5.74, 6) is 0.581. The van der Waals surface area contributed by atoms with Gasteiger partial charge in [-0.15, -0.1) is 0 Å². The molecule has 1 aliphatic rings. The number of benzene rings is 1. The Hall–Kier alpha value is -0.540. The van der Waals surface area contributed by atoms with Gasteiger partial charge in [0, 0.05) is 5.02 Å². The number of halogens is 2. The third-order valence-electron chi connectivity index (χ3n) is 1.66. The molecule has 0 saturated carbocycles. The minimum atomic E-state index is -0.0202. The number of carbonyl (C=O) groups is 1. The molecular weight excluding hydrogens is 243 g/mol. The molecule has 0 spiro atoms. The second-order valence-electron chi connectivity index (χ2n) is 2.48. The lowest BCUT2D eigenvalue weighted by Gasteiger charge is -2.00. The zero-order valence-electron chi connectivity index (χ0n) is 5.93. The first kappa shape index (κ1) is 8.08. The molecule has 1 aromatic rings. The Labute approximate surface area is 82.6 Å². The number of rotatable bonds is 0. The highest BCUT2D eigenvalue weighted by Crippen LogP contribution is 2.36. The number of ketones is 1. The Kier molecular flexibility index (Phi) is 1.85. The average molecular weight is 247 g/mol. The number of hydrogen-bond acceptors (Lipinski definition) is 2. The number of Topliss-reactive ketones (excluding diaryl/α,β-unsaturated/α-hetero) is 1. The van der Waals surface area contributed by atoms with Crippen LogP contribution in [0.25, 0.3) is 0 Å². The summed E-state index contributed by atoms with van der Waals surface area (Å²) < 4.78 is 5.87. The maximum atomic E-state index is 11.2. The number of ether oxygens (including phenoxy) is 1. The van der Waals surface area contributed by atoms with E-state index >= 15 is 0 Å². The fourth-order valence-electron chi connectivity index (χ4n) is 1.13. The monoisotopic (exact) mass is 246 g/mol. The molecule has 0 saturated heterocycles. The molecule has 4 heteroatoms. The third-order valence-corrected chi connectivity index (χ3v) is 2.46. The Morgan fingerprint density at radius 3 is 3.00 bits per heavy atom. The van der Waals surface area contributed by atoms with Crippen molar-refractivity contribution in [3.63, 3.8) is 0 Å². The fourth-order valence-corrected chi connectivity index (χ4v) is 2.05. The van der Waals surface area contributed by atoms with Gasteiger partial charge in [-0.1, -0.05) is 11.6 Å². The first-order valence-corrected chi connectivity index (χ1v) is 4.50. The highest BCUT2D eigenvalue weighted by atomic mass is 79.9. The molecular formula is C8H4BrClO2. The summed E-state index contributed by atoms with van der Waals surface area (Å²) in [6.45, 7) is 0.119. The van der Waals surface area contributed by atoms with Crippen LogP contribution in [0.15, 0.2) is 16.6 Å². The maximum absolute atomic E-state index is 11.2. The van der Waals surface area contributed by atoms with Gasteiger partial charge in [-0.25, -0.2) is 0 Å². The summed E-state index contributed by atoms with van der Waals surface area (Å²) in [4.78, 5) is 11.2. The predicted molar refractivity (Wildman–Crippen MR) is 49.0 cm³/mol. The molecule has 12 heavy (non-hydrogen) atoms. The van der Waals surface area contributed by atoms with Gasteiger partial charge < -0.3 is 4.74 Å². The van der Waals surface area contributed by atoms with Crippen molar-refractivity contribution in [2.75, 3.05) is 6.61 Å². The Balaban J connectivity index is 2.68. The van der Waals surface area contributed by atoms with E-state index in [-0.39, 0.29) is 12.4 Å². The topological polar surface area (TPSA) is 26.3 Å². The minimum Gasteiger partial charge on any atom is -0.483 e. The van der Waals surface area contributed by atoms with Crippen LogP contribution < -0.4 is 4.74 Å². The molecule has 62 valence electrons. The van der Waals surface area contributed by atoms with Crippen LogP contribution in [0.4, 0.5) is 0 Å². The first-order chi connectivity index (χ1) is 5.68. The highest BCUT2D eigenvalue weighted by molar-refractivity contribution is 9.10. The van der Waals surface area contributed by atoms with E-state index in [2.05, 4.69) is 15.9 Å². The van der Waals surface area contributed by atoms with E-state index in [1.807, 2.05) is 0 Å². The average Bonchev–Trinajstić information content (AvgIpc) is 2.33. The Morgan fingerprint density at radius 1 is 1.50 bits per heavy atom. The molecule has 2 rings (SSSR count). The van der Waals surface area contributed by atoms with Gasteiger partial charge >= 0.3 is 0 Å². The zero-order valence-corrected chi connectivity index (χ0v) is 8.28. The van der Waals surface area contributed by atoms with Crippen LogP contribution >= 0.6 is 27.5 Å². The lowest BCUT2D eigenvalue weighted by atomic mass is 10.1. The van der Waals surface area contributed by atoms with E-state index in [1.54, 1.807) is 12.1 Å². The third kappa shape index (κ3) is 1.13. The molecule has 1 aromatic carbocycles. The molecule has 1 heterocycles. The van der Waals surface area contributed by atoms with E-state index < -0.39 is 0 Å². The van der Waals surface area contributed by atoms with Crippen LogP contribution in [0.5, 0.6) is 5.75 Å². The van der Waals surface area contributed by atoms with E-state index in [9.17, 15) is 4.79 Å². The van der Waals surface area contributed by atoms with Crippen molar-refractivity contribution in [3.05, 3.63) is 27.2 Å². The number of carbonyl (C=O) groups excluding carboxylic acids is 1. The molecule has 0 unspecified atom stereocenters. The summed E-state index contributed by atoms with van der Waals surface area (Å²) >= 11 is 9.02. The molecule has 0 radical (unpaired) electrons. The molecule has 1 aliphatic heterocycles. The minimum absolute atomic E-state index is 0.0202. The second kappa shape index (κ2) is 2.75. The normalized spacial score (nSPS) is 14.3. The van der Waals surface area contributed by atoms with E-state index in [4.69, 9.17) is 16.3 Å². The Morgan fingerprint density at radius 2 is 2.25 bits per heavy atom. The molecule has 0 amide bonds. The quantitative estimate of drug-likeness (QED) is 0.704. The van der Waals surface area contributed by atoms with Crippen LogP contribution in [-0.2, 0) is 0 Å². The van der Waals surface area contributed by atoms with Gasteiger partial charge in [0.1, 0.15) is 5.75 Å². The van der Waals surface area contributed by atoms with Crippen LogP contribution in [0.2, 0.25) is 5.02 Å². The molecule has 0 fully saturated rings. The van der Waals surface area contributed by atoms with Gasteiger partial charge in [-0.2, -0.15) is 0 Å². The standard InChI is InChI=1S/C8H4BrClO2/c9-6-2-4(10)1-5-7(11)3-12-8(5)6/h1-2H,3H2. The predicted octanol–water partition coefficient (Wildman–Crippen LogP) is 2.68. The fraction of sp³-hybridized carbons (Fsp3) is 0.125. The van der Waals surface area contributed by atoms with Crippen molar-refractivity contribution in [3.8, 4) is 5.75 Å². The van der Waals surface area contributed by atoms with Gasteiger partial charge in [0.15, 0.2) is 6.61 Å². The molecule has 0 aromatic heterocycles. The van der Waals surface area contributed by atoms with Crippen LogP contribution in [0, 0.1) is 0 Å².